The van der Waals surface area contributed by atoms with Gasteiger partial charge < -0.3 is 4.74 Å². The Kier molecular flexibility index (Phi) is 4.43. The van der Waals surface area contributed by atoms with Crippen LogP contribution in [0, 0.1) is 18.8 Å². The molecule has 2 saturated heterocycles. The van der Waals surface area contributed by atoms with Gasteiger partial charge in [-0.2, -0.15) is 0 Å². The van der Waals surface area contributed by atoms with Crippen LogP contribution in [0.4, 0.5) is 5.69 Å². The van der Waals surface area contributed by atoms with Crippen LogP contribution in [0.25, 0.3) is 0 Å². The molecule has 0 radical (unpaired) electrons. The van der Waals surface area contributed by atoms with E-state index in [0.717, 1.165) is 10.5 Å². The molecule has 7 heteroatoms. The van der Waals surface area contributed by atoms with Crippen molar-refractivity contribution in [2.75, 3.05) is 4.90 Å². The number of nitrogens with zero attached hydrogens (tertiary/aromatic N) is 1. The summed E-state index contributed by atoms with van der Waals surface area (Å²) >= 11 is 6.05. The molecular formula is C27H18ClNO5. The Labute approximate surface area is 200 Å². The standard InChI is InChI=1S/C27H18ClNO5/c1-14-6-12-17(13-7-14)29-25(32)20-21(26(29)33)27(34-22(20)15-8-10-16(28)11-9-15)23(30)18-4-2-3-5-19(18)24(27)31/h2-13,20-22H,1H3/t20-,21+,22+/m1/s1. The fourth-order valence-corrected chi connectivity index (χ4v) is 5.54. The Morgan fingerprint density at radius 1 is 0.794 bits per heavy atom. The molecule has 3 aliphatic rings. The second kappa shape index (κ2) is 7.19. The minimum absolute atomic E-state index is 0.206. The highest BCUT2D eigenvalue weighted by atomic mass is 35.5. The molecule has 2 amide bonds. The summed E-state index contributed by atoms with van der Waals surface area (Å²) in [6.45, 7) is 1.90. The van der Waals surface area contributed by atoms with Crippen molar-refractivity contribution >= 4 is 40.7 Å². The molecule has 0 N–H and O–H groups in total. The number of aryl methyl sites for hydroxylation is 1. The Bertz CT molecular complexity index is 1360. The van der Waals surface area contributed by atoms with Crippen molar-refractivity contribution in [2.45, 2.75) is 18.6 Å². The van der Waals surface area contributed by atoms with Crippen molar-refractivity contribution in [1.82, 2.24) is 0 Å². The highest BCUT2D eigenvalue weighted by Gasteiger charge is 2.74. The molecule has 2 fully saturated rings. The van der Waals surface area contributed by atoms with Crippen molar-refractivity contribution in [3.8, 4) is 0 Å². The minimum Gasteiger partial charge on any atom is -0.349 e. The first-order valence-electron chi connectivity index (χ1n) is 10.9. The van der Waals surface area contributed by atoms with Crippen LogP contribution in [0.2, 0.25) is 5.02 Å². The average molecular weight is 472 g/mol. The number of ether oxygens (including phenoxy) is 1. The third-order valence-electron chi connectivity index (χ3n) is 7.01. The maximum absolute atomic E-state index is 13.8. The third kappa shape index (κ3) is 2.61. The summed E-state index contributed by atoms with van der Waals surface area (Å²) in [6, 6.07) is 20.1. The molecule has 3 atom stereocenters. The Morgan fingerprint density at radius 3 is 1.97 bits per heavy atom. The lowest BCUT2D eigenvalue weighted by Crippen LogP contribution is -2.51. The molecule has 34 heavy (non-hydrogen) atoms. The lowest BCUT2D eigenvalue weighted by molar-refractivity contribution is -0.127. The van der Waals surface area contributed by atoms with E-state index in [0.29, 0.717) is 16.3 Å². The van der Waals surface area contributed by atoms with Crippen LogP contribution in [-0.2, 0) is 14.3 Å². The van der Waals surface area contributed by atoms with E-state index in [-0.39, 0.29) is 11.1 Å². The van der Waals surface area contributed by atoms with Crippen molar-refractivity contribution < 1.29 is 23.9 Å². The van der Waals surface area contributed by atoms with Gasteiger partial charge in [0.05, 0.1) is 23.6 Å². The van der Waals surface area contributed by atoms with Crippen LogP contribution < -0.4 is 4.90 Å². The monoisotopic (exact) mass is 471 g/mol. The fourth-order valence-electron chi connectivity index (χ4n) is 5.42. The topological polar surface area (TPSA) is 80.8 Å². The molecule has 6 rings (SSSR count). The number of amides is 2. The van der Waals surface area contributed by atoms with Gasteiger partial charge in [-0.1, -0.05) is 65.7 Å². The molecule has 0 bridgehead atoms. The molecule has 0 unspecified atom stereocenters. The number of hydrogen-bond acceptors (Lipinski definition) is 5. The van der Waals surface area contributed by atoms with E-state index in [1.165, 1.54) is 0 Å². The quantitative estimate of drug-likeness (QED) is 0.410. The highest BCUT2D eigenvalue weighted by molar-refractivity contribution is 6.37. The lowest BCUT2D eigenvalue weighted by Gasteiger charge is -2.27. The number of ketones is 2. The summed E-state index contributed by atoms with van der Waals surface area (Å²) in [4.78, 5) is 56.0. The number of anilines is 1. The van der Waals surface area contributed by atoms with Gasteiger partial charge in [0.25, 0.3) is 0 Å². The van der Waals surface area contributed by atoms with Crippen LogP contribution in [0.5, 0.6) is 0 Å². The van der Waals surface area contributed by atoms with Crippen LogP contribution >= 0.6 is 11.6 Å². The van der Waals surface area contributed by atoms with Gasteiger partial charge in [-0.3, -0.25) is 19.2 Å². The van der Waals surface area contributed by atoms with Gasteiger partial charge in [0.1, 0.15) is 0 Å². The molecule has 2 aliphatic heterocycles. The molecule has 1 spiro atoms. The van der Waals surface area contributed by atoms with Crippen LogP contribution in [0.3, 0.4) is 0 Å². The van der Waals surface area contributed by atoms with Gasteiger partial charge in [-0.25, -0.2) is 4.90 Å². The smallest absolute Gasteiger partial charge is 0.241 e. The summed E-state index contributed by atoms with van der Waals surface area (Å²) in [5.74, 6) is -4.55. The molecule has 0 aromatic heterocycles. The van der Waals surface area contributed by atoms with Crippen LogP contribution in [0.15, 0.2) is 72.8 Å². The molecule has 1 aliphatic carbocycles. The number of halogens is 1. The number of Topliss-reactive ketones (excluding diaryl/α,β-unsaturated/α-hetero) is 2. The van der Waals surface area contributed by atoms with Gasteiger partial charge in [0.2, 0.25) is 29.0 Å². The first kappa shape index (κ1) is 21.0. The number of rotatable bonds is 2. The fraction of sp³-hybridized carbons (Fsp3) is 0.185. The average Bonchev–Trinajstić information content (AvgIpc) is 3.40. The molecule has 168 valence electrons. The van der Waals surface area contributed by atoms with E-state index in [2.05, 4.69) is 0 Å². The Morgan fingerprint density at radius 2 is 1.38 bits per heavy atom. The minimum atomic E-state index is -2.08. The second-order valence-corrected chi connectivity index (χ2v) is 9.32. The molecule has 2 heterocycles. The molecule has 3 aromatic rings. The number of imide groups is 1. The third-order valence-corrected chi connectivity index (χ3v) is 7.26. The summed E-state index contributed by atoms with van der Waals surface area (Å²) < 4.78 is 6.24. The predicted octanol–water partition coefficient (Wildman–Crippen LogP) is 4.34. The number of hydrogen-bond donors (Lipinski definition) is 0. The van der Waals surface area contributed by atoms with Crippen molar-refractivity contribution in [2.24, 2.45) is 11.8 Å². The molecule has 3 aromatic carbocycles. The zero-order valence-electron chi connectivity index (χ0n) is 18.0. The molecular weight excluding hydrogens is 454 g/mol. The van der Waals surface area contributed by atoms with Gasteiger partial charge >= 0.3 is 0 Å². The van der Waals surface area contributed by atoms with E-state index in [4.69, 9.17) is 16.3 Å². The first-order chi connectivity index (χ1) is 16.3. The number of fused-ring (bicyclic) bond motifs is 3. The normalized spacial score (nSPS) is 24.8. The molecule has 0 saturated carbocycles. The highest BCUT2D eigenvalue weighted by Crippen LogP contribution is 2.57. The summed E-state index contributed by atoms with van der Waals surface area (Å²) in [7, 11) is 0. The first-order valence-corrected chi connectivity index (χ1v) is 11.3. The second-order valence-electron chi connectivity index (χ2n) is 8.88. The van der Waals surface area contributed by atoms with Crippen molar-refractivity contribution in [1.29, 1.82) is 0 Å². The van der Waals surface area contributed by atoms with E-state index in [9.17, 15) is 19.2 Å². The van der Waals surface area contributed by atoms with Gasteiger partial charge in [0, 0.05) is 16.1 Å². The number of benzene rings is 3. The van der Waals surface area contributed by atoms with E-state index in [1.54, 1.807) is 72.8 Å². The Balaban J connectivity index is 1.54. The van der Waals surface area contributed by atoms with E-state index >= 15 is 0 Å². The summed E-state index contributed by atoms with van der Waals surface area (Å²) in [6.07, 6.45) is -0.962. The van der Waals surface area contributed by atoms with Crippen LogP contribution in [0.1, 0.15) is 37.9 Å². The van der Waals surface area contributed by atoms with E-state index in [1.807, 2.05) is 6.92 Å². The lowest BCUT2D eigenvalue weighted by atomic mass is 9.77. The number of carbonyl (C=O) groups is 4. The zero-order chi connectivity index (χ0) is 23.8. The zero-order valence-corrected chi connectivity index (χ0v) is 18.8. The maximum atomic E-state index is 13.8. The summed E-state index contributed by atoms with van der Waals surface area (Å²) in [5.41, 5.74) is 0.271. The van der Waals surface area contributed by atoms with Gasteiger partial charge in [-0.15, -0.1) is 0 Å². The maximum Gasteiger partial charge on any atom is 0.241 e. The van der Waals surface area contributed by atoms with E-state index < -0.39 is 46.9 Å². The SMILES string of the molecule is Cc1ccc(N2C(=O)[C@@H]3[C@@H](C2=O)C2(O[C@H]3c3ccc(Cl)cc3)C(=O)c3ccccc3C2=O)cc1. The predicted molar refractivity (Wildman–Crippen MR) is 124 cm³/mol. The summed E-state index contributed by atoms with van der Waals surface area (Å²) in [5, 5.41) is 0.489. The van der Waals surface area contributed by atoms with Crippen LogP contribution in [-0.4, -0.2) is 29.0 Å². The Hall–Kier alpha value is -3.61. The molecule has 6 nitrogen and oxygen atoms in total. The number of carbonyl (C=O) groups excluding carboxylic acids is 4. The van der Waals surface area contributed by atoms with Gasteiger partial charge in [0.15, 0.2) is 0 Å². The van der Waals surface area contributed by atoms with Crippen molar-refractivity contribution in [3.63, 3.8) is 0 Å². The van der Waals surface area contributed by atoms with Gasteiger partial charge in [-0.05, 0) is 36.8 Å². The largest absolute Gasteiger partial charge is 0.349 e. The van der Waals surface area contributed by atoms with Crippen molar-refractivity contribution in [3.05, 3.63) is 100 Å².